The highest BCUT2D eigenvalue weighted by Crippen LogP contribution is 2.08. The molecule has 0 fully saturated rings. The summed E-state index contributed by atoms with van der Waals surface area (Å²) in [6.45, 7) is 3.43. The van der Waals surface area contributed by atoms with Crippen molar-refractivity contribution < 1.29 is 28.5 Å². The van der Waals surface area contributed by atoms with E-state index in [0.717, 1.165) is 38.5 Å². The molecular formula is C26H36N2O6. The molecule has 8 nitrogen and oxygen atoms in total. The van der Waals surface area contributed by atoms with Crippen LogP contribution in [0.15, 0.2) is 48.5 Å². The molecule has 0 saturated heterocycles. The molecule has 0 saturated carbocycles. The third-order valence-electron chi connectivity index (χ3n) is 4.95. The van der Waals surface area contributed by atoms with Gasteiger partial charge >= 0.3 is 11.9 Å². The highest BCUT2D eigenvalue weighted by molar-refractivity contribution is 5.90. The maximum absolute atomic E-state index is 11.9. The normalized spacial score (nSPS) is 10.7. The summed E-state index contributed by atoms with van der Waals surface area (Å²) in [5.41, 5.74) is 13.4. The van der Waals surface area contributed by atoms with Crippen LogP contribution in [-0.4, -0.2) is 51.6 Å². The van der Waals surface area contributed by atoms with Crippen molar-refractivity contribution in [3.63, 3.8) is 0 Å². The van der Waals surface area contributed by atoms with E-state index in [1.165, 1.54) is 0 Å². The molecule has 2 rings (SSSR count). The smallest absolute Gasteiger partial charge is 0.338 e. The molecule has 0 aliphatic heterocycles. The van der Waals surface area contributed by atoms with Gasteiger partial charge in [-0.25, -0.2) is 9.59 Å². The Bertz CT molecular complexity index is 768. The van der Waals surface area contributed by atoms with Crippen LogP contribution in [0.2, 0.25) is 0 Å². The summed E-state index contributed by atoms with van der Waals surface area (Å²) in [5, 5.41) is 0. The molecule has 0 spiro atoms. The third-order valence-corrected chi connectivity index (χ3v) is 4.95. The second kappa shape index (κ2) is 16.5. The van der Waals surface area contributed by atoms with Crippen molar-refractivity contribution in [3.05, 3.63) is 59.7 Å². The van der Waals surface area contributed by atoms with Crippen molar-refractivity contribution in [2.75, 3.05) is 51.1 Å². The molecule has 186 valence electrons. The summed E-state index contributed by atoms with van der Waals surface area (Å²) in [7, 11) is 0. The van der Waals surface area contributed by atoms with Gasteiger partial charge in [0.15, 0.2) is 0 Å². The number of hydrogen-bond acceptors (Lipinski definition) is 8. The van der Waals surface area contributed by atoms with E-state index in [1.807, 2.05) is 0 Å². The van der Waals surface area contributed by atoms with Crippen LogP contribution in [0.5, 0.6) is 0 Å². The van der Waals surface area contributed by atoms with E-state index in [1.54, 1.807) is 48.5 Å². The number of benzene rings is 2. The van der Waals surface area contributed by atoms with Crippen LogP contribution in [0.25, 0.3) is 0 Å². The molecule has 0 aliphatic carbocycles. The molecule has 0 aromatic heterocycles. The minimum absolute atomic E-state index is 0.333. The van der Waals surface area contributed by atoms with Gasteiger partial charge < -0.3 is 30.4 Å². The molecule has 2 aromatic rings. The maximum Gasteiger partial charge on any atom is 0.338 e. The number of anilines is 2. The van der Waals surface area contributed by atoms with Crippen LogP contribution in [0.3, 0.4) is 0 Å². The van der Waals surface area contributed by atoms with E-state index < -0.39 is 0 Å². The van der Waals surface area contributed by atoms with Gasteiger partial charge in [0.2, 0.25) is 0 Å². The van der Waals surface area contributed by atoms with Crippen LogP contribution in [0, 0.1) is 0 Å². The number of carbonyl (C=O) groups is 2. The lowest BCUT2D eigenvalue weighted by molar-refractivity contribution is 0.0465. The van der Waals surface area contributed by atoms with Gasteiger partial charge in [0, 0.05) is 37.8 Å². The summed E-state index contributed by atoms with van der Waals surface area (Å²) >= 11 is 0. The standard InChI is InChI=1S/C26H36N2O6/c27-23-11-7-21(8-12-23)25(29)33-19-5-3-17-31-15-1-2-16-32-18-4-6-20-34-26(30)22-9-13-24(28)14-10-22/h7-14H,1-6,15-20,27-28H2. The van der Waals surface area contributed by atoms with E-state index in [9.17, 15) is 9.59 Å². The first-order valence-electron chi connectivity index (χ1n) is 11.8. The molecule has 8 heteroatoms. The van der Waals surface area contributed by atoms with Gasteiger partial charge in [-0.15, -0.1) is 0 Å². The fourth-order valence-corrected chi connectivity index (χ4v) is 2.96. The molecule has 0 radical (unpaired) electrons. The van der Waals surface area contributed by atoms with Crippen LogP contribution in [0.1, 0.15) is 59.2 Å². The van der Waals surface area contributed by atoms with Crippen molar-refractivity contribution in [2.45, 2.75) is 38.5 Å². The highest BCUT2D eigenvalue weighted by atomic mass is 16.5. The average molecular weight is 473 g/mol. The summed E-state index contributed by atoms with van der Waals surface area (Å²) < 4.78 is 21.7. The lowest BCUT2D eigenvalue weighted by Gasteiger charge is -2.07. The lowest BCUT2D eigenvalue weighted by Crippen LogP contribution is -2.08. The molecule has 0 heterocycles. The Balaban J connectivity index is 1.31. The van der Waals surface area contributed by atoms with Gasteiger partial charge in [-0.2, -0.15) is 0 Å². The van der Waals surface area contributed by atoms with E-state index in [4.69, 9.17) is 30.4 Å². The van der Waals surface area contributed by atoms with Crippen molar-refractivity contribution in [1.29, 1.82) is 0 Å². The maximum atomic E-state index is 11.9. The summed E-state index contributed by atoms with van der Waals surface area (Å²) in [5.74, 6) is -0.666. The quantitative estimate of drug-likeness (QED) is 0.199. The van der Waals surface area contributed by atoms with E-state index in [-0.39, 0.29) is 11.9 Å². The second-order valence-electron chi connectivity index (χ2n) is 7.86. The fourth-order valence-electron chi connectivity index (χ4n) is 2.96. The summed E-state index contributed by atoms with van der Waals surface area (Å²) in [6, 6.07) is 13.4. The number of rotatable bonds is 17. The first-order valence-corrected chi connectivity index (χ1v) is 11.8. The summed E-state index contributed by atoms with van der Waals surface area (Å²) in [6.07, 6.45) is 5.08. The van der Waals surface area contributed by atoms with Crippen LogP contribution in [0.4, 0.5) is 11.4 Å². The molecule has 34 heavy (non-hydrogen) atoms. The van der Waals surface area contributed by atoms with Crippen molar-refractivity contribution in [1.82, 2.24) is 0 Å². The number of hydrogen-bond donors (Lipinski definition) is 2. The predicted molar refractivity (Wildman–Crippen MR) is 132 cm³/mol. The first kappa shape index (κ1) is 27.1. The average Bonchev–Trinajstić information content (AvgIpc) is 2.84. The topological polar surface area (TPSA) is 123 Å². The van der Waals surface area contributed by atoms with Gasteiger partial charge in [0.25, 0.3) is 0 Å². The Morgan fingerprint density at radius 2 is 0.794 bits per heavy atom. The van der Waals surface area contributed by atoms with Crippen molar-refractivity contribution in [3.8, 4) is 0 Å². The number of carbonyl (C=O) groups excluding carboxylic acids is 2. The van der Waals surface area contributed by atoms with Crippen LogP contribution >= 0.6 is 0 Å². The van der Waals surface area contributed by atoms with Gasteiger partial charge in [-0.05, 0) is 87.1 Å². The van der Waals surface area contributed by atoms with Gasteiger partial charge in [-0.1, -0.05) is 0 Å². The highest BCUT2D eigenvalue weighted by Gasteiger charge is 2.07. The molecule has 0 amide bonds. The van der Waals surface area contributed by atoms with E-state index in [2.05, 4.69) is 0 Å². The zero-order chi connectivity index (χ0) is 24.4. The number of unbranched alkanes of at least 4 members (excludes halogenated alkanes) is 3. The Morgan fingerprint density at radius 1 is 0.500 bits per heavy atom. The van der Waals surface area contributed by atoms with Gasteiger partial charge in [-0.3, -0.25) is 0 Å². The van der Waals surface area contributed by atoms with E-state index >= 15 is 0 Å². The summed E-state index contributed by atoms with van der Waals surface area (Å²) in [4.78, 5) is 23.7. The minimum atomic E-state index is -0.333. The monoisotopic (exact) mass is 472 g/mol. The predicted octanol–water partition coefficient (Wildman–Crippen LogP) is 4.24. The largest absolute Gasteiger partial charge is 0.462 e. The van der Waals surface area contributed by atoms with Crippen LogP contribution < -0.4 is 11.5 Å². The van der Waals surface area contributed by atoms with Crippen LogP contribution in [-0.2, 0) is 18.9 Å². The van der Waals surface area contributed by atoms with Gasteiger partial charge in [0.05, 0.1) is 24.3 Å². The molecule has 0 bridgehead atoms. The van der Waals surface area contributed by atoms with E-state index in [0.29, 0.717) is 62.1 Å². The molecular weight excluding hydrogens is 436 g/mol. The zero-order valence-corrected chi connectivity index (χ0v) is 19.7. The molecule has 0 atom stereocenters. The van der Waals surface area contributed by atoms with Crippen molar-refractivity contribution >= 4 is 23.3 Å². The Hall–Kier alpha value is -3.10. The minimum Gasteiger partial charge on any atom is -0.462 e. The Labute approximate surface area is 201 Å². The molecule has 0 aliphatic rings. The Morgan fingerprint density at radius 3 is 1.12 bits per heavy atom. The number of nitrogens with two attached hydrogens (primary N) is 2. The molecule has 2 aromatic carbocycles. The lowest BCUT2D eigenvalue weighted by atomic mass is 10.2. The zero-order valence-electron chi connectivity index (χ0n) is 19.7. The Kier molecular flexibility index (Phi) is 13.2. The number of nitrogen functional groups attached to an aromatic ring is 2. The third kappa shape index (κ3) is 11.7. The molecule has 0 unspecified atom stereocenters. The fraction of sp³-hybridized carbons (Fsp3) is 0.462. The van der Waals surface area contributed by atoms with Gasteiger partial charge in [0.1, 0.15) is 0 Å². The first-order chi connectivity index (χ1) is 16.6. The number of ether oxygens (including phenoxy) is 4. The van der Waals surface area contributed by atoms with Crippen molar-refractivity contribution in [2.24, 2.45) is 0 Å². The molecule has 4 N–H and O–H groups in total. The SMILES string of the molecule is Nc1ccc(C(=O)OCCCCOCCCCOCCCCOC(=O)c2ccc(N)cc2)cc1. The second-order valence-corrected chi connectivity index (χ2v) is 7.86. The number of esters is 2.